The minimum absolute atomic E-state index is 0.0390. The van der Waals surface area contributed by atoms with Crippen LogP contribution in [0, 0.1) is 0 Å². The van der Waals surface area contributed by atoms with Gasteiger partial charge in [-0.2, -0.15) is 0 Å². The number of unbranched alkanes of at least 4 members (excludes halogenated alkanes) is 33. The molecular weight excluding hydrogens is 731 g/mol. The lowest BCUT2D eigenvalue weighted by Crippen LogP contribution is -2.45. The Hall–Kier alpha value is -1.66. The van der Waals surface area contributed by atoms with E-state index in [-0.39, 0.29) is 18.5 Å². The van der Waals surface area contributed by atoms with E-state index in [1.807, 2.05) is 0 Å². The number of nitrogens with one attached hydrogen (secondary N) is 1. The van der Waals surface area contributed by atoms with Gasteiger partial charge in [0.2, 0.25) is 5.91 Å². The Morgan fingerprint density at radius 2 is 0.797 bits per heavy atom. The van der Waals surface area contributed by atoms with Crippen molar-refractivity contribution in [1.82, 2.24) is 5.32 Å². The zero-order valence-corrected chi connectivity index (χ0v) is 39.5. The monoisotopic (exact) mass is 832 g/mol. The number of aliphatic hydroxyl groups is 2. The van der Waals surface area contributed by atoms with Crippen molar-refractivity contribution in [2.75, 3.05) is 13.2 Å². The molecule has 1 amide bonds. The molecule has 0 aromatic carbocycles. The first-order valence-electron chi connectivity index (χ1n) is 26.1. The number of aliphatic hydroxyl groups excluding tert-OH is 2. The number of carbonyl (C=O) groups excluding carboxylic acids is 2. The van der Waals surface area contributed by atoms with Gasteiger partial charge in [0, 0.05) is 12.8 Å². The minimum Gasteiger partial charge on any atom is -0.466 e. The van der Waals surface area contributed by atoms with Crippen molar-refractivity contribution in [2.45, 2.75) is 289 Å². The molecule has 0 aromatic rings. The van der Waals surface area contributed by atoms with Gasteiger partial charge in [-0.05, 0) is 77.0 Å². The second kappa shape index (κ2) is 49.0. The van der Waals surface area contributed by atoms with Gasteiger partial charge in [0.1, 0.15) is 0 Å². The van der Waals surface area contributed by atoms with Crippen molar-refractivity contribution >= 4 is 11.9 Å². The van der Waals surface area contributed by atoms with Gasteiger partial charge < -0.3 is 20.3 Å². The molecule has 0 spiro atoms. The van der Waals surface area contributed by atoms with Crippen LogP contribution in [0.25, 0.3) is 0 Å². The predicted molar refractivity (Wildman–Crippen MR) is 255 cm³/mol. The van der Waals surface area contributed by atoms with E-state index in [0.29, 0.717) is 25.9 Å². The summed E-state index contributed by atoms with van der Waals surface area (Å²) in [5.41, 5.74) is 0. The standard InChI is InChI=1S/C53H101NO5/c1-3-5-7-9-11-13-15-17-19-21-22-25-29-33-37-41-45-51(56)50(49-55)54-52(57)46-42-38-34-30-26-24-28-32-36-40-44-48-59-53(58)47-43-39-35-31-27-23-20-18-16-14-12-10-8-6-4-2/h18,20,28,32,50-51,55-56H,3-17,19,21-27,29-31,33-49H2,1-2H3,(H,54,57)/b20-18-,32-28-. The van der Waals surface area contributed by atoms with E-state index in [1.165, 1.54) is 161 Å². The second-order valence-corrected chi connectivity index (χ2v) is 17.8. The van der Waals surface area contributed by atoms with Crippen LogP contribution < -0.4 is 5.32 Å². The molecule has 0 aliphatic carbocycles. The normalized spacial score (nSPS) is 12.8. The summed E-state index contributed by atoms with van der Waals surface area (Å²) in [4.78, 5) is 24.5. The molecule has 0 radical (unpaired) electrons. The molecule has 0 heterocycles. The summed E-state index contributed by atoms with van der Waals surface area (Å²) in [6.45, 7) is 4.87. The summed E-state index contributed by atoms with van der Waals surface area (Å²) in [7, 11) is 0. The fourth-order valence-electron chi connectivity index (χ4n) is 7.92. The second-order valence-electron chi connectivity index (χ2n) is 17.8. The Labute approximate surface area is 367 Å². The Balaban J connectivity index is 3.52. The summed E-state index contributed by atoms with van der Waals surface area (Å²) >= 11 is 0. The third-order valence-corrected chi connectivity index (χ3v) is 12.0. The summed E-state index contributed by atoms with van der Waals surface area (Å²) in [5, 5.41) is 23.2. The van der Waals surface area contributed by atoms with Crippen LogP contribution in [0.5, 0.6) is 0 Å². The maximum Gasteiger partial charge on any atom is 0.305 e. The quantitative estimate of drug-likeness (QED) is 0.0322. The molecule has 6 nitrogen and oxygen atoms in total. The number of rotatable bonds is 48. The number of esters is 1. The molecule has 348 valence electrons. The third-order valence-electron chi connectivity index (χ3n) is 12.0. The minimum atomic E-state index is -0.682. The zero-order valence-electron chi connectivity index (χ0n) is 39.5. The van der Waals surface area contributed by atoms with Crippen LogP contribution in [0.1, 0.15) is 277 Å². The Bertz CT molecular complexity index is 920. The SMILES string of the molecule is CCCCCCCC/C=C\CCCCCCCC(=O)OCCCC/C=C\CCCCCCCC(=O)NC(CO)C(O)CCCCCCCCCCCCCCCCCC. The van der Waals surface area contributed by atoms with Crippen molar-refractivity contribution in [3.8, 4) is 0 Å². The highest BCUT2D eigenvalue weighted by molar-refractivity contribution is 5.76. The molecule has 59 heavy (non-hydrogen) atoms. The number of ether oxygens (including phenoxy) is 1. The van der Waals surface area contributed by atoms with Crippen LogP contribution in [0.2, 0.25) is 0 Å². The van der Waals surface area contributed by atoms with E-state index in [1.54, 1.807) is 0 Å². The predicted octanol–water partition coefficient (Wildman–Crippen LogP) is 15.5. The molecule has 6 heteroatoms. The van der Waals surface area contributed by atoms with Crippen molar-refractivity contribution in [3.63, 3.8) is 0 Å². The highest BCUT2D eigenvalue weighted by Crippen LogP contribution is 2.16. The Morgan fingerprint density at radius 1 is 0.458 bits per heavy atom. The summed E-state index contributed by atoms with van der Waals surface area (Å²) in [6.07, 6.45) is 57.2. The van der Waals surface area contributed by atoms with Crippen molar-refractivity contribution in [3.05, 3.63) is 24.3 Å². The van der Waals surface area contributed by atoms with Gasteiger partial charge in [-0.25, -0.2) is 0 Å². The Morgan fingerprint density at radius 3 is 1.20 bits per heavy atom. The maximum absolute atomic E-state index is 12.4. The summed E-state index contributed by atoms with van der Waals surface area (Å²) in [6, 6.07) is -0.562. The van der Waals surface area contributed by atoms with Gasteiger partial charge in [-0.3, -0.25) is 9.59 Å². The van der Waals surface area contributed by atoms with E-state index in [4.69, 9.17) is 4.74 Å². The molecule has 3 N–H and O–H groups in total. The fraction of sp³-hybridized carbons (Fsp3) is 0.887. The molecular formula is C53H101NO5. The topological polar surface area (TPSA) is 95.9 Å². The zero-order chi connectivity index (χ0) is 43.0. The average molecular weight is 832 g/mol. The Kier molecular flexibility index (Phi) is 47.6. The molecule has 2 unspecified atom stereocenters. The molecule has 0 rings (SSSR count). The molecule has 2 atom stereocenters. The number of hydrogen-bond acceptors (Lipinski definition) is 5. The molecule has 0 fully saturated rings. The molecule has 0 aliphatic rings. The van der Waals surface area contributed by atoms with Crippen molar-refractivity contribution in [1.29, 1.82) is 0 Å². The molecule has 0 aromatic heterocycles. The lowest BCUT2D eigenvalue weighted by molar-refractivity contribution is -0.143. The number of carbonyl (C=O) groups is 2. The van der Waals surface area contributed by atoms with Gasteiger partial charge in [-0.15, -0.1) is 0 Å². The number of allylic oxidation sites excluding steroid dienone is 4. The van der Waals surface area contributed by atoms with Crippen LogP contribution >= 0.6 is 0 Å². The van der Waals surface area contributed by atoms with Gasteiger partial charge in [-0.1, -0.05) is 212 Å². The number of amides is 1. The highest BCUT2D eigenvalue weighted by atomic mass is 16.5. The van der Waals surface area contributed by atoms with Crippen LogP contribution in [-0.2, 0) is 14.3 Å². The smallest absolute Gasteiger partial charge is 0.305 e. The van der Waals surface area contributed by atoms with Crippen LogP contribution in [0.15, 0.2) is 24.3 Å². The lowest BCUT2D eigenvalue weighted by atomic mass is 10.0. The van der Waals surface area contributed by atoms with Gasteiger partial charge in [0.05, 0.1) is 25.4 Å². The van der Waals surface area contributed by atoms with E-state index < -0.39 is 12.1 Å². The van der Waals surface area contributed by atoms with E-state index >= 15 is 0 Å². The molecule has 0 aliphatic heterocycles. The van der Waals surface area contributed by atoms with Crippen molar-refractivity contribution < 1.29 is 24.5 Å². The number of hydrogen-bond donors (Lipinski definition) is 3. The lowest BCUT2D eigenvalue weighted by Gasteiger charge is -2.22. The van der Waals surface area contributed by atoms with Crippen LogP contribution in [0.4, 0.5) is 0 Å². The van der Waals surface area contributed by atoms with E-state index in [9.17, 15) is 19.8 Å². The first-order valence-corrected chi connectivity index (χ1v) is 26.1. The van der Waals surface area contributed by atoms with Gasteiger partial charge in [0.15, 0.2) is 0 Å². The summed E-state index contributed by atoms with van der Waals surface area (Å²) < 4.78 is 5.43. The molecule has 0 saturated carbocycles. The van der Waals surface area contributed by atoms with Crippen molar-refractivity contribution in [2.24, 2.45) is 0 Å². The average Bonchev–Trinajstić information content (AvgIpc) is 3.24. The van der Waals surface area contributed by atoms with E-state index in [0.717, 1.165) is 83.5 Å². The van der Waals surface area contributed by atoms with Gasteiger partial charge in [0.25, 0.3) is 0 Å². The third kappa shape index (κ3) is 45.7. The maximum atomic E-state index is 12.4. The van der Waals surface area contributed by atoms with E-state index in [2.05, 4.69) is 43.5 Å². The molecule has 0 saturated heterocycles. The van der Waals surface area contributed by atoms with Crippen LogP contribution in [-0.4, -0.2) is 47.4 Å². The van der Waals surface area contributed by atoms with Crippen LogP contribution in [0.3, 0.4) is 0 Å². The highest BCUT2D eigenvalue weighted by Gasteiger charge is 2.20. The first kappa shape index (κ1) is 57.3. The fourth-order valence-corrected chi connectivity index (χ4v) is 7.92. The first-order chi connectivity index (χ1) is 29.0. The van der Waals surface area contributed by atoms with Gasteiger partial charge >= 0.3 is 5.97 Å². The summed E-state index contributed by atoms with van der Waals surface area (Å²) in [5.74, 6) is -0.103. The largest absolute Gasteiger partial charge is 0.466 e. The molecule has 0 bridgehead atoms.